The second-order valence-corrected chi connectivity index (χ2v) is 6.01. The minimum absolute atomic E-state index is 0.435. The number of imidazole rings is 1. The van der Waals surface area contributed by atoms with Gasteiger partial charge >= 0.3 is 0 Å². The van der Waals surface area contributed by atoms with Gasteiger partial charge in [-0.3, -0.25) is 4.57 Å². The van der Waals surface area contributed by atoms with Gasteiger partial charge in [0, 0.05) is 10.7 Å². The minimum atomic E-state index is 0.435. The summed E-state index contributed by atoms with van der Waals surface area (Å²) in [4.78, 5) is 13.0. The van der Waals surface area contributed by atoms with E-state index in [1.54, 1.807) is 6.33 Å². The van der Waals surface area contributed by atoms with Gasteiger partial charge in [-0.15, -0.1) is 0 Å². The van der Waals surface area contributed by atoms with Gasteiger partial charge in [0.15, 0.2) is 11.6 Å². The zero-order valence-electron chi connectivity index (χ0n) is 13.4. The number of nitrogen functional groups attached to an aromatic ring is 1. The molecule has 0 aliphatic heterocycles. The van der Waals surface area contributed by atoms with Crippen molar-refractivity contribution in [1.29, 1.82) is 0 Å². The van der Waals surface area contributed by atoms with Gasteiger partial charge in [0.25, 0.3) is 0 Å². The number of rotatable bonds is 3. The average molecular weight is 351 g/mol. The van der Waals surface area contributed by atoms with E-state index in [-0.39, 0.29) is 0 Å². The third-order valence-corrected chi connectivity index (χ3v) is 4.47. The molecule has 0 radical (unpaired) electrons. The molecule has 124 valence electrons. The number of nitrogens with one attached hydrogen (secondary N) is 1. The van der Waals surface area contributed by atoms with Gasteiger partial charge in [-0.2, -0.15) is 0 Å². The van der Waals surface area contributed by atoms with Crippen LogP contribution in [0.4, 0.5) is 17.2 Å². The largest absolute Gasteiger partial charge is 0.393 e. The van der Waals surface area contributed by atoms with Gasteiger partial charge in [-0.25, -0.2) is 15.0 Å². The molecule has 0 saturated carbocycles. The average Bonchev–Trinajstić information content (AvgIpc) is 3.05. The predicted octanol–water partition coefficient (Wildman–Crippen LogP) is 4.10. The summed E-state index contributed by atoms with van der Waals surface area (Å²) in [5.41, 5.74) is 10.3. The van der Waals surface area contributed by atoms with Crippen molar-refractivity contribution in [2.45, 2.75) is 6.92 Å². The molecule has 4 rings (SSSR count). The number of anilines is 3. The van der Waals surface area contributed by atoms with E-state index >= 15 is 0 Å². The zero-order chi connectivity index (χ0) is 17.4. The van der Waals surface area contributed by atoms with E-state index in [2.05, 4.69) is 20.3 Å². The van der Waals surface area contributed by atoms with Crippen LogP contribution in [0.1, 0.15) is 5.56 Å². The van der Waals surface area contributed by atoms with Crippen LogP contribution in [-0.4, -0.2) is 19.5 Å². The lowest BCUT2D eigenvalue weighted by molar-refractivity contribution is 1.00. The van der Waals surface area contributed by atoms with Gasteiger partial charge < -0.3 is 11.1 Å². The lowest BCUT2D eigenvalue weighted by Crippen LogP contribution is -2.07. The third-order valence-electron chi connectivity index (χ3n) is 4.07. The van der Waals surface area contributed by atoms with E-state index in [1.807, 2.05) is 54.0 Å². The number of nitrogens with two attached hydrogens (primary N) is 1. The first-order valence-corrected chi connectivity index (χ1v) is 8.08. The highest BCUT2D eigenvalue weighted by Gasteiger charge is 2.13. The van der Waals surface area contributed by atoms with Crippen LogP contribution in [0.25, 0.3) is 16.9 Å². The molecule has 0 amide bonds. The number of fused-ring (bicyclic) bond motifs is 1. The summed E-state index contributed by atoms with van der Waals surface area (Å²) >= 11 is 6.18. The van der Waals surface area contributed by atoms with Crippen LogP contribution in [0.2, 0.25) is 5.02 Å². The van der Waals surface area contributed by atoms with Crippen LogP contribution >= 0.6 is 11.6 Å². The molecule has 0 unspecified atom stereocenters. The predicted molar refractivity (Wildman–Crippen MR) is 101 cm³/mol. The number of nitrogens with zero attached hydrogens (tertiary/aromatic N) is 4. The highest BCUT2D eigenvalue weighted by atomic mass is 35.5. The second-order valence-electron chi connectivity index (χ2n) is 5.60. The molecule has 0 aliphatic carbocycles. The highest BCUT2D eigenvalue weighted by molar-refractivity contribution is 6.31. The fourth-order valence-corrected chi connectivity index (χ4v) is 2.85. The Morgan fingerprint density at radius 1 is 1.04 bits per heavy atom. The summed E-state index contributed by atoms with van der Waals surface area (Å²) in [5.74, 6) is 1.10. The van der Waals surface area contributed by atoms with Crippen molar-refractivity contribution in [2.75, 3.05) is 11.1 Å². The Labute approximate surface area is 149 Å². The summed E-state index contributed by atoms with van der Waals surface area (Å²) < 4.78 is 1.85. The van der Waals surface area contributed by atoms with E-state index < -0.39 is 0 Å². The first-order chi connectivity index (χ1) is 12.1. The maximum Gasteiger partial charge on any atom is 0.167 e. The maximum absolute atomic E-state index is 6.33. The lowest BCUT2D eigenvalue weighted by Gasteiger charge is -2.14. The molecular weight excluding hydrogens is 336 g/mol. The summed E-state index contributed by atoms with van der Waals surface area (Å²) in [5, 5.41) is 3.92. The second kappa shape index (κ2) is 6.07. The molecule has 0 saturated heterocycles. The molecule has 2 aromatic carbocycles. The van der Waals surface area contributed by atoms with E-state index in [9.17, 15) is 0 Å². The van der Waals surface area contributed by atoms with Crippen LogP contribution in [-0.2, 0) is 0 Å². The monoisotopic (exact) mass is 350 g/mol. The standard InChI is InChI=1S/C18H15ClN6/c1-11-12(19)5-4-7-13(11)24-17-16(20)18(22-9-21-17)25-10-23-14-6-2-3-8-15(14)25/h2-10H,20H2,1H3,(H,21,22,24). The van der Waals surface area contributed by atoms with Gasteiger partial charge in [0.2, 0.25) is 0 Å². The number of aromatic nitrogens is 4. The topological polar surface area (TPSA) is 81.7 Å². The SMILES string of the molecule is Cc1c(Cl)cccc1Nc1ncnc(-n2cnc3ccccc32)c1N. The highest BCUT2D eigenvalue weighted by Crippen LogP contribution is 2.30. The molecule has 0 aliphatic rings. The van der Waals surface area contributed by atoms with Crippen LogP contribution < -0.4 is 11.1 Å². The number of halogens is 1. The molecule has 2 aromatic heterocycles. The summed E-state index contributed by atoms with van der Waals surface area (Å²) in [7, 11) is 0. The fourth-order valence-electron chi connectivity index (χ4n) is 2.68. The molecule has 7 heteroatoms. The summed E-state index contributed by atoms with van der Waals surface area (Å²) in [6, 6.07) is 13.4. The Balaban J connectivity index is 1.80. The summed E-state index contributed by atoms with van der Waals surface area (Å²) in [6.07, 6.45) is 3.18. The molecule has 0 bridgehead atoms. The molecule has 2 heterocycles. The zero-order valence-corrected chi connectivity index (χ0v) is 14.2. The van der Waals surface area contributed by atoms with Crippen molar-refractivity contribution in [3.05, 3.63) is 65.7 Å². The molecular formula is C18H15ClN6. The Bertz CT molecular complexity index is 1070. The van der Waals surface area contributed by atoms with E-state index in [1.165, 1.54) is 6.33 Å². The fraction of sp³-hybridized carbons (Fsp3) is 0.0556. The number of para-hydroxylation sites is 2. The molecule has 25 heavy (non-hydrogen) atoms. The molecule has 6 nitrogen and oxygen atoms in total. The molecule has 0 atom stereocenters. The lowest BCUT2D eigenvalue weighted by atomic mass is 10.2. The molecule has 0 spiro atoms. The number of hydrogen-bond donors (Lipinski definition) is 2. The maximum atomic E-state index is 6.33. The summed E-state index contributed by atoms with van der Waals surface area (Å²) in [6.45, 7) is 1.94. The smallest absolute Gasteiger partial charge is 0.167 e. The molecule has 0 fully saturated rings. The van der Waals surface area contributed by atoms with Crippen molar-refractivity contribution < 1.29 is 0 Å². The van der Waals surface area contributed by atoms with Gasteiger partial charge in [0.05, 0.1) is 11.0 Å². The van der Waals surface area contributed by atoms with Crippen LogP contribution in [0.3, 0.4) is 0 Å². The van der Waals surface area contributed by atoms with Crippen LogP contribution in [0.15, 0.2) is 55.1 Å². The van der Waals surface area contributed by atoms with Crippen LogP contribution in [0, 0.1) is 6.92 Å². The van der Waals surface area contributed by atoms with Crippen molar-refractivity contribution in [2.24, 2.45) is 0 Å². The Morgan fingerprint density at radius 3 is 2.76 bits per heavy atom. The van der Waals surface area contributed by atoms with Gasteiger partial charge in [-0.05, 0) is 36.8 Å². The number of benzene rings is 2. The van der Waals surface area contributed by atoms with Crippen molar-refractivity contribution in [3.63, 3.8) is 0 Å². The first kappa shape index (κ1) is 15.4. The quantitative estimate of drug-likeness (QED) is 0.581. The Kier molecular flexibility index (Phi) is 3.74. The van der Waals surface area contributed by atoms with Gasteiger partial charge in [0.1, 0.15) is 18.3 Å². The normalized spacial score (nSPS) is 11.0. The van der Waals surface area contributed by atoms with Crippen molar-refractivity contribution >= 4 is 39.8 Å². The van der Waals surface area contributed by atoms with Crippen LogP contribution in [0.5, 0.6) is 0 Å². The Morgan fingerprint density at radius 2 is 1.88 bits per heavy atom. The number of hydrogen-bond acceptors (Lipinski definition) is 5. The van der Waals surface area contributed by atoms with E-state index in [0.29, 0.717) is 22.3 Å². The first-order valence-electron chi connectivity index (χ1n) is 7.70. The van der Waals surface area contributed by atoms with E-state index in [4.69, 9.17) is 17.3 Å². The van der Waals surface area contributed by atoms with Crippen molar-refractivity contribution in [1.82, 2.24) is 19.5 Å². The van der Waals surface area contributed by atoms with Gasteiger partial charge in [-0.1, -0.05) is 29.8 Å². The van der Waals surface area contributed by atoms with Crippen molar-refractivity contribution in [3.8, 4) is 5.82 Å². The minimum Gasteiger partial charge on any atom is -0.393 e. The van der Waals surface area contributed by atoms with E-state index in [0.717, 1.165) is 22.3 Å². The third kappa shape index (κ3) is 2.66. The molecule has 4 aromatic rings. The Hall–Kier alpha value is -3.12. The molecule has 3 N–H and O–H groups in total.